The van der Waals surface area contributed by atoms with Crippen molar-refractivity contribution in [1.29, 1.82) is 0 Å². The van der Waals surface area contributed by atoms with Crippen LogP contribution in [0.4, 0.5) is 0 Å². The van der Waals surface area contributed by atoms with Crippen LogP contribution in [0.25, 0.3) is 0 Å². The van der Waals surface area contributed by atoms with E-state index in [2.05, 4.69) is 5.32 Å². The second kappa shape index (κ2) is 7.01. The molecule has 8 heteroatoms. The van der Waals surface area contributed by atoms with Crippen molar-refractivity contribution in [1.82, 2.24) is 5.32 Å². The van der Waals surface area contributed by atoms with Crippen LogP contribution in [0.15, 0.2) is 11.8 Å². The van der Waals surface area contributed by atoms with Crippen LogP contribution in [-0.4, -0.2) is 66.5 Å². The Balaban J connectivity index is 2.05. The van der Waals surface area contributed by atoms with Gasteiger partial charge in [-0.1, -0.05) is 0 Å². The molecule has 0 amide bonds. The summed E-state index contributed by atoms with van der Waals surface area (Å²) < 4.78 is 11.4. The van der Waals surface area contributed by atoms with Gasteiger partial charge in [-0.15, -0.1) is 0 Å². The minimum atomic E-state index is -0.947. The summed E-state index contributed by atoms with van der Waals surface area (Å²) in [7, 11) is 1.67. The van der Waals surface area contributed by atoms with E-state index in [1.54, 1.807) is 7.05 Å². The van der Waals surface area contributed by atoms with Gasteiger partial charge in [0.15, 0.2) is 0 Å². The summed E-state index contributed by atoms with van der Waals surface area (Å²) in [6.45, 7) is 0.268. The van der Waals surface area contributed by atoms with Crippen LogP contribution in [0.3, 0.4) is 0 Å². The zero-order chi connectivity index (χ0) is 15.6. The lowest BCUT2D eigenvalue weighted by Crippen LogP contribution is -2.64. The van der Waals surface area contributed by atoms with Crippen molar-refractivity contribution < 1.29 is 19.7 Å². The maximum absolute atomic E-state index is 10.3. The monoisotopic (exact) mass is 302 g/mol. The predicted molar refractivity (Wildman–Crippen MR) is 76.9 cm³/mol. The molecule has 7 atom stereocenters. The van der Waals surface area contributed by atoms with Crippen molar-refractivity contribution in [2.45, 2.75) is 55.6 Å². The fourth-order valence-corrected chi connectivity index (χ4v) is 2.87. The van der Waals surface area contributed by atoms with E-state index < -0.39 is 36.7 Å². The summed E-state index contributed by atoms with van der Waals surface area (Å²) in [6, 6.07) is -1.35. The highest BCUT2D eigenvalue weighted by atomic mass is 16.7. The van der Waals surface area contributed by atoms with Crippen molar-refractivity contribution in [3.8, 4) is 0 Å². The van der Waals surface area contributed by atoms with Gasteiger partial charge in [0.1, 0.15) is 11.9 Å². The van der Waals surface area contributed by atoms with Gasteiger partial charge in [0, 0.05) is 6.04 Å². The Hall–Kier alpha value is -0.740. The van der Waals surface area contributed by atoms with Crippen molar-refractivity contribution in [3.63, 3.8) is 0 Å². The molecule has 0 saturated heterocycles. The summed E-state index contributed by atoms with van der Waals surface area (Å²) in [5, 5.41) is 23.2. The molecule has 0 spiro atoms. The number of likely N-dealkylation sites (N-methyl/N-ethyl adjacent to an activating group) is 1. The largest absolute Gasteiger partial charge is 0.467 e. The highest BCUT2D eigenvalue weighted by Gasteiger charge is 2.44. The lowest BCUT2D eigenvalue weighted by atomic mass is 9.84. The van der Waals surface area contributed by atoms with Gasteiger partial charge in [-0.05, 0) is 26.0 Å². The van der Waals surface area contributed by atoms with Crippen LogP contribution in [-0.2, 0) is 9.47 Å². The number of hydrogen-bond donors (Lipinski definition) is 6. The number of nitrogens with two attached hydrogens (primary N) is 3. The third-order valence-corrected chi connectivity index (χ3v) is 4.12. The van der Waals surface area contributed by atoms with E-state index >= 15 is 0 Å². The number of aliphatic hydroxyl groups excluding tert-OH is 2. The summed E-state index contributed by atoms with van der Waals surface area (Å²) in [5.41, 5.74) is 17.5. The Bertz CT molecular complexity index is 381. The molecule has 0 radical (unpaired) electrons. The maximum atomic E-state index is 10.3. The molecule has 8 nitrogen and oxygen atoms in total. The maximum Gasteiger partial charge on any atom is 0.215 e. The minimum Gasteiger partial charge on any atom is -0.467 e. The van der Waals surface area contributed by atoms with Crippen LogP contribution in [0, 0.1) is 0 Å². The van der Waals surface area contributed by atoms with Crippen molar-refractivity contribution in [3.05, 3.63) is 11.8 Å². The molecule has 0 aromatic carbocycles. The Morgan fingerprint density at radius 3 is 2.71 bits per heavy atom. The van der Waals surface area contributed by atoms with Crippen molar-refractivity contribution >= 4 is 0 Å². The topological polar surface area (TPSA) is 149 Å². The normalized spacial score (nSPS) is 44.1. The van der Waals surface area contributed by atoms with Gasteiger partial charge in [-0.3, -0.25) is 0 Å². The van der Waals surface area contributed by atoms with E-state index in [4.69, 9.17) is 26.7 Å². The van der Waals surface area contributed by atoms with Gasteiger partial charge in [0.2, 0.25) is 6.29 Å². The fraction of sp³-hybridized carbons (Fsp3) is 0.846. The Morgan fingerprint density at radius 1 is 1.38 bits per heavy atom. The molecule has 122 valence electrons. The summed E-state index contributed by atoms with van der Waals surface area (Å²) in [4.78, 5) is 0. The molecule has 1 fully saturated rings. The first-order valence-electron chi connectivity index (χ1n) is 7.23. The number of nitrogens with one attached hydrogen (secondary N) is 1. The average Bonchev–Trinajstić information content (AvgIpc) is 2.45. The van der Waals surface area contributed by atoms with E-state index in [1.165, 1.54) is 0 Å². The first-order valence-corrected chi connectivity index (χ1v) is 7.23. The van der Waals surface area contributed by atoms with Gasteiger partial charge in [0.25, 0.3) is 0 Å². The Kier molecular flexibility index (Phi) is 5.55. The van der Waals surface area contributed by atoms with Crippen LogP contribution in [0.5, 0.6) is 0 Å². The van der Waals surface area contributed by atoms with E-state index in [9.17, 15) is 10.2 Å². The summed E-state index contributed by atoms with van der Waals surface area (Å²) in [6.07, 6.45) is -0.285. The predicted octanol–water partition coefficient (Wildman–Crippen LogP) is -2.67. The number of rotatable bonds is 4. The molecular weight excluding hydrogens is 276 g/mol. The second-order valence-corrected chi connectivity index (χ2v) is 5.63. The molecule has 0 aromatic rings. The number of ether oxygens (including phenoxy) is 2. The molecule has 0 aromatic heterocycles. The van der Waals surface area contributed by atoms with E-state index in [0.717, 1.165) is 0 Å². The van der Waals surface area contributed by atoms with E-state index in [1.807, 2.05) is 6.08 Å². The molecule has 2 rings (SSSR count). The molecule has 1 heterocycles. The first-order chi connectivity index (χ1) is 9.97. The molecular formula is C13H26N4O4. The smallest absolute Gasteiger partial charge is 0.215 e. The lowest BCUT2D eigenvalue weighted by Gasteiger charge is -2.43. The highest BCUT2D eigenvalue weighted by Crippen LogP contribution is 2.26. The highest BCUT2D eigenvalue weighted by molar-refractivity contribution is 5.03. The SMILES string of the molecule is CNC1C(O)CC(N)C(OC2OC(CN)=CCC2N)C1O. The zero-order valence-corrected chi connectivity index (χ0v) is 12.2. The third-order valence-electron chi connectivity index (χ3n) is 4.12. The van der Waals surface area contributed by atoms with E-state index in [0.29, 0.717) is 18.6 Å². The van der Waals surface area contributed by atoms with Gasteiger partial charge < -0.3 is 42.2 Å². The minimum absolute atomic E-state index is 0.268. The van der Waals surface area contributed by atoms with Crippen LogP contribution >= 0.6 is 0 Å². The van der Waals surface area contributed by atoms with E-state index in [-0.39, 0.29) is 12.6 Å². The van der Waals surface area contributed by atoms with Crippen molar-refractivity contribution in [2.24, 2.45) is 17.2 Å². The standard InChI is InChI=1S/C13H26N4O4/c1-17-10-9(18)4-8(16)12(11(10)19)21-13-7(15)3-2-6(5-14)20-13/h2,7-13,17-19H,3-5,14-16H2,1H3. The van der Waals surface area contributed by atoms with Gasteiger partial charge in [-0.25, -0.2) is 0 Å². The Morgan fingerprint density at radius 2 is 2.10 bits per heavy atom. The molecule has 7 unspecified atom stereocenters. The summed E-state index contributed by atoms with van der Waals surface area (Å²) in [5.74, 6) is 0.616. The molecule has 9 N–H and O–H groups in total. The fourth-order valence-electron chi connectivity index (χ4n) is 2.87. The van der Waals surface area contributed by atoms with Gasteiger partial charge >= 0.3 is 0 Å². The average molecular weight is 302 g/mol. The molecule has 1 aliphatic carbocycles. The van der Waals surface area contributed by atoms with Gasteiger partial charge in [-0.2, -0.15) is 0 Å². The molecule has 1 saturated carbocycles. The Labute approximate surface area is 124 Å². The van der Waals surface area contributed by atoms with Gasteiger partial charge in [0.05, 0.1) is 30.8 Å². The molecule has 2 aliphatic rings. The first kappa shape index (κ1) is 16.6. The van der Waals surface area contributed by atoms with Crippen LogP contribution in [0.2, 0.25) is 0 Å². The molecule has 0 bridgehead atoms. The number of aliphatic hydroxyl groups is 2. The van der Waals surface area contributed by atoms with Crippen LogP contribution < -0.4 is 22.5 Å². The second-order valence-electron chi connectivity index (χ2n) is 5.63. The number of hydrogen-bond acceptors (Lipinski definition) is 8. The molecule has 21 heavy (non-hydrogen) atoms. The summed E-state index contributed by atoms with van der Waals surface area (Å²) >= 11 is 0. The quantitative estimate of drug-likeness (QED) is 0.329. The lowest BCUT2D eigenvalue weighted by molar-refractivity contribution is -0.211. The molecule has 1 aliphatic heterocycles. The zero-order valence-electron chi connectivity index (χ0n) is 12.2. The van der Waals surface area contributed by atoms with Crippen molar-refractivity contribution in [2.75, 3.05) is 13.6 Å². The van der Waals surface area contributed by atoms with Crippen LogP contribution in [0.1, 0.15) is 12.8 Å². The third kappa shape index (κ3) is 3.54.